The van der Waals surface area contributed by atoms with Crippen molar-refractivity contribution in [1.82, 2.24) is 4.57 Å². The number of nitrogen functional groups attached to an aromatic ring is 1. The maximum atomic E-state index is 11.8. The van der Waals surface area contributed by atoms with Crippen LogP contribution in [0.15, 0.2) is 23.1 Å². The molecule has 1 aromatic heterocycles. The Morgan fingerprint density at radius 1 is 1.53 bits per heavy atom. The molecule has 0 amide bonds. The Labute approximate surface area is 89.7 Å². The van der Waals surface area contributed by atoms with Gasteiger partial charge in [-0.15, -0.1) is 0 Å². The van der Waals surface area contributed by atoms with Crippen molar-refractivity contribution >= 4 is 5.69 Å². The van der Waals surface area contributed by atoms with Gasteiger partial charge in [-0.3, -0.25) is 4.79 Å². The summed E-state index contributed by atoms with van der Waals surface area (Å²) in [5.41, 5.74) is 5.30. The van der Waals surface area contributed by atoms with E-state index in [4.69, 9.17) is 10.5 Å². The Balaban J connectivity index is 3.04. The second-order valence-electron chi connectivity index (χ2n) is 4.09. The van der Waals surface area contributed by atoms with Gasteiger partial charge in [-0.1, -0.05) is 0 Å². The highest BCUT2D eigenvalue weighted by Gasteiger charge is 2.21. The number of aromatic nitrogens is 1. The fraction of sp³-hybridized carbons (Fsp3) is 0.545. The van der Waals surface area contributed by atoms with E-state index in [1.807, 2.05) is 20.8 Å². The van der Waals surface area contributed by atoms with Crippen LogP contribution in [0, 0.1) is 0 Å². The van der Waals surface area contributed by atoms with Gasteiger partial charge in [0.1, 0.15) is 0 Å². The minimum absolute atomic E-state index is 0.165. The largest absolute Gasteiger partial charge is 0.394 e. The molecule has 4 nitrogen and oxygen atoms in total. The van der Waals surface area contributed by atoms with E-state index in [1.165, 1.54) is 0 Å². The van der Waals surface area contributed by atoms with E-state index in [2.05, 4.69) is 0 Å². The molecular formula is C11H18N2O2. The predicted octanol–water partition coefficient (Wildman–Crippen LogP) is 1.20. The number of hydrogen-bond acceptors (Lipinski definition) is 3. The molecule has 1 heterocycles. The quantitative estimate of drug-likeness (QED) is 0.812. The monoisotopic (exact) mass is 210 g/mol. The summed E-state index contributed by atoms with van der Waals surface area (Å²) in [6.45, 7) is 6.96. The summed E-state index contributed by atoms with van der Waals surface area (Å²) >= 11 is 0. The van der Waals surface area contributed by atoms with Gasteiger partial charge in [-0.2, -0.15) is 0 Å². The molecule has 0 atom stereocenters. The molecule has 0 aliphatic heterocycles. The van der Waals surface area contributed by atoms with Crippen LogP contribution in [-0.2, 0) is 10.3 Å². The second kappa shape index (κ2) is 4.49. The van der Waals surface area contributed by atoms with E-state index < -0.39 is 0 Å². The van der Waals surface area contributed by atoms with Gasteiger partial charge in [0.15, 0.2) is 0 Å². The van der Waals surface area contributed by atoms with E-state index >= 15 is 0 Å². The zero-order valence-corrected chi connectivity index (χ0v) is 9.49. The summed E-state index contributed by atoms with van der Waals surface area (Å²) in [6.07, 6.45) is 1.73. The van der Waals surface area contributed by atoms with Crippen molar-refractivity contribution in [3.63, 3.8) is 0 Å². The summed E-state index contributed by atoms with van der Waals surface area (Å²) in [5, 5.41) is 0. The zero-order valence-electron chi connectivity index (χ0n) is 9.49. The van der Waals surface area contributed by atoms with E-state index in [1.54, 1.807) is 22.9 Å². The summed E-state index contributed by atoms with van der Waals surface area (Å²) in [4.78, 5) is 11.8. The summed E-state index contributed by atoms with van der Waals surface area (Å²) in [7, 11) is 0. The maximum absolute atomic E-state index is 11.8. The van der Waals surface area contributed by atoms with Crippen LogP contribution in [0.25, 0.3) is 0 Å². The molecule has 1 aromatic rings. The molecule has 4 heteroatoms. The lowest BCUT2D eigenvalue weighted by molar-refractivity contribution is 0.0741. The Morgan fingerprint density at radius 2 is 2.20 bits per heavy atom. The number of ether oxygens (including phenoxy) is 1. The van der Waals surface area contributed by atoms with Gasteiger partial charge in [-0.05, 0) is 32.9 Å². The Kier molecular flexibility index (Phi) is 3.52. The van der Waals surface area contributed by atoms with Crippen LogP contribution >= 0.6 is 0 Å². The molecule has 84 valence electrons. The van der Waals surface area contributed by atoms with Crippen molar-refractivity contribution in [2.24, 2.45) is 0 Å². The molecule has 1 rings (SSSR count). The van der Waals surface area contributed by atoms with Crippen molar-refractivity contribution in [1.29, 1.82) is 0 Å². The average Bonchev–Trinajstić information content (AvgIpc) is 2.19. The first-order chi connectivity index (χ1) is 6.99. The first-order valence-corrected chi connectivity index (χ1v) is 5.04. The standard InChI is InChI=1S/C11H18N2O2/c1-4-15-8-11(2,3)13-7-5-6-9(12)10(13)14/h5-7H,4,8,12H2,1-3H3. The van der Waals surface area contributed by atoms with Gasteiger partial charge in [0.25, 0.3) is 5.56 Å². The molecule has 15 heavy (non-hydrogen) atoms. The molecule has 0 fully saturated rings. The van der Waals surface area contributed by atoms with E-state index in [-0.39, 0.29) is 16.8 Å². The number of hydrogen-bond donors (Lipinski definition) is 1. The number of nitrogens with two attached hydrogens (primary N) is 1. The average molecular weight is 210 g/mol. The van der Waals surface area contributed by atoms with Crippen LogP contribution in [-0.4, -0.2) is 17.8 Å². The van der Waals surface area contributed by atoms with Crippen LogP contribution in [0.2, 0.25) is 0 Å². The SMILES string of the molecule is CCOCC(C)(C)n1cccc(N)c1=O. The number of anilines is 1. The minimum atomic E-state index is -0.373. The number of nitrogens with zero attached hydrogens (tertiary/aromatic N) is 1. The Hall–Kier alpha value is -1.29. The summed E-state index contributed by atoms with van der Waals surface area (Å²) in [5.74, 6) is 0. The molecule has 0 aliphatic carbocycles. The van der Waals surface area contributed by atoms with Gasteiger partial charge in [-0.25, -0.2) is 0 Å². The highest BCUT2D eigenvalue weighted by Crippen LogP contribution is 2.13. The highest BCUT2D eigenvalue weighted by molar-refractivity contribution is 5.34. The van der Waals surface area contributed by atoms with Gasteiger partial charge in [0, 0.05) is 12.8 Å². The molecule has 0 saturated carbocycles. The molecule has 0 aliphatic rings. The van der Waals surface area contributed by atoms with Crippen molar-refractivity contribution in [2.75, 3.05) is 18.9 Å². The fourth-order valence-electron chi connectivity index (χ4n) is 1.41. The van der Waals surface area contributed by atoms with Crippen molar-refractivity contribution in [2.45, 2.75) is 26.3 Å². The van der Waals surface area contributed by atoms with Crippen molar-refractivity contribution in [3.8, 4) is 0 Å². The normalized spacial score (nSPS) is 11.7. The van der Waals surface area contributed by atoms with Gasteiger partial charge in [0.05, 0.1) is 17.8 Å². The molecule has 0 bridgehead atoms. The van der Waals surface area contributed by atoms with Crippen LogP contribution in [0.3, 0.4) is 0 Å². The van der Waals surface area contributed by atoms with Crippen molar-refractivity contribution in [3.05, 3.63) is 28.7 Å². The summed E-state index contributed by atoms with van der Waals surface area (Å²) < 4.78 is 6.96. The Morgan fingerprint density at radius 3 is 2.80 bits per heavy atom. The molecule has 0 spiro atoms. The second-order valence-corrected chi connectivity index (χ2v) is 4.09. The van der Waals surface area contributed by atoms with E-state index in [0.29, 0.717) is 13.2 Å². The molecular weight excluding hydrogens is 192 g/mol. The third-order valence-corrected chi connectivity index (χ3v) is 2.29. The third kappa shape index (κ3) is 2.59. The fourth-order valence-corrected chi connectivity index (χ4v) is 1.41. The van der Waals surface area contributed by atoms with Crippen LogP contribution in [0.5, 0.6) is 0 Å². The van der Waals surface area contributed by atoms with Crippen molar-refractivity contribution < 1.29 is 4.74 Å². The number of pyridine rings is 1. The van der Waals surface area contributed by atoms with Gasteiger partial charge < -0.3 is 15.0 Å². The topological polar surface area (TPSA) is 57.2 Å². The Bertz CT molecular complexity index is 382. The molecule has 0 unspecified atom stereocenters. The minimum Gasteiger partial charge on any atom is -0.394 e. The predicted molar refractivity (Wildman–Crippen MR) is 60.9 cm³/mol. The zero-order chi connectivity index (χ0) is 11.5. The number of rotatable bonds is 4. The lowest BCUT2D eigenvalue weighted by atomic mass is 10.1. The smallest absolute Gasteiger partial charge is 0.274 e. The van der Waals surface area contributed by atoms with Crippen LogP contribution in [0.1, 0.15) is 20.8 Å². The first-order valence-electron chi connectivity index (χ1n) is 5.04. The molecule has 0 aromatic carbocycles. The molecule has 2 N–H and O–H groups in total. The lowest BCUT2D eigenvalue weighted by Crippen LogP contribution is -2.40. The third-order valence-electron chi connectivity index (χ3n) is 2.29. The highest BCUT2D eigenvalue weighted by atomic mass is 16.5. The van der Waals surface area contributed by atoms with E-state index in [9.17, 15) is 4.79 Å². The first kappa shape index (κ1) is 11.8. The van der Waals surface area contributed by atoms with Crippen LogP contribution < -0.4 is 11.3 Å². The molecule has 0 saturated heterocycles. The van der Waals surface area contributed by atoms with Gasteiger partial charge >= 0.3 is 0 Å². The van der Waals surface area contributed by atoms with Crippen LogP contribution in [0.4, 0.5) is 5.69 Å². The maximum Gasteiger partial charge on any atom is 0.274 e. The summed E-state index contributed by atoms with van der Waals surface area (Å²) in [6, 6.07) is 3.38. The lowest BCUT2D eigenvalue weighted by Gasteiger charge is -2.27. The van der Waals surface area contributed by atoms with E-state index in [0.717, 1.165) is 0 Å². The van der Waals surface area contributed by atoms with Gasteiger partial charge in [0.2, 0.25) is 0 Å². The molecule has 0 radical (unpaired) electrons.